The molecule has 4 aliphatic rings. The molecule has 0 N–H and O–H groups in total. The van der Waals surface area contributed by atoms with E-state index in [4.69, 9.17) is 0 Å². The molecule has 0 aromatic heterocycles. The van der Waals surface area contributed by atoms with Crippen LogP contribution in [0.4, 0.5) is 51.2 Å². The van der Waals surface area contributed by atoms with Crippen molar-refractivity contribution >= 4 is 74.3 Å². The highest BCUT2D eigenvalue weighted by Crippen LogP contribution is 2.55. The third-order valence-corrected chi connectivity index (χ3v) is 18.5. The molecule has 0 saturated heterocycles. The number of nitrogens with zero attached hydrogens (tertiary/aromatic N) is 3. The average Bonchev–Trinajstić information content (AvgIpc) is 3.65. The van der Waals surface area contributed by atoms with Crippen molar-refractivity contribution in [2.45, 2.75) is 163 Å². The van der Waals surface area contributed by atoms with Gasteiger partial charge in [-0.05, 0) is 211 Å². The van der Waals surface area contributed by atoms with Crippen LogP contribution in [0.2, 0.25) is 0 Å². The van der Waals surface area contributed by atoms with Crippen LogP contribution >= 0.6 is 0 Å². The third kappa shape index (κ3) is 8.29. The van der Waals surface area contributed by atoms with Crippen molar-refractivity contribution in [1.29, 1.82) is 0 Å². The molecule has 0 spiro atoms. The number of anilines is 9. The van der Waals surface area contributed by atoms with Gasteiger partial charge in [-0.15, -0.1) is 0 Å². The molecule has 390 valence electrons. The number of benzene rings is 8. The van der Waals surface area contributed by atoms with E-state index in [0.717, 1.165) is 36.3 Å². The van der Waals surface area contributed by atoms with Crippen LogP contribution in [0.1, 0.15) is 161 Å². The Kier molecular flexibility index (Phi) is 11.5. The molecule has 2 heterocycles. The molecule has 77 heavy (non-hydrogen) atoms. The van der Waals surface area contributed by atoms with Gasteiger partial charge in [-0.1, -0.05) is 176 Å². The van der Waals surface area contributed by atoms with Gasteiger partial charge in [0.15, 0.2) is 0 Å². The topological polar surface area (TPSA) is 9.72 Å². The summed E-state index contributed by atoms with van der Waals surface area (Å²) in [5.74, 6) is 0. The predicted octanol–water partition coefficient (Wildman–Crippen LogP) is 18.4. The summed E-state index contributed by atoms with van der Waals surface area (Å²) in [4.78, 5) is 7.81. The van der Waals surface area contributed by atoms with Crippen molar-refractivity contribution in [3.05, 3.63) is 202 Å². The summed E-state index contributed by atoms with van der Waals surface area (Å²) in [7, 11) is 0. The Bertz CT molecular complexity index is 3630. The van der Waals surface area contributed by atoms with Gasteiger partial charge in [0, 0.05) is 51.1 Å². The lowest BCUT2D eigenvalue weighted by molar-refractivity contribution is 0.332. The molecule has 0 atom stereocenters. The number of aryl methyl sites for hydroxylation is 2. The maximum Gasteiger partial charge on any atom is 0.252 e. The largest absolute Gasteiger partial charge is 0.311 e. The van der Waals surface area contributed by atoms with Crippen LogP contribution in [0.25, 0.3) is 11.1 Å². The van der Waals surface area contributed by atoms with E-state index in [2.05, 4.69) is 283 Å². The summed E-state index contributed by atoms with van der Waals surface area (Å²) in [5.41, 5.74) is 28.7. The van der Waals surface area contributed by atoms with Gasteiger partial charge >= 0.3 is 0 Å². The minimum Gasteiger partial charge on any atom is -0.311 e. The maximum atomic E-state index is 2.73. The highest BCUT2D eigenvalue weighted by atomic mass is 15.2. The molecule has 0 radical (unpaired) electrons. The molecular formula is C73H80BN3. The first-order chi connectivity index (χ1) is 36.2. The lowest BCUT2D eigenvalue weighted by atomic mass is 9.33. The van der Waals surface area contributed by atoms with E-state index >= 15 is 0 Å². The molecule has 0 amide bonds. The molecule has 4 heteroatoms. The lowest BCUT2D eigenvalue weighted by Crippen LogP contribution is -2.62. The number of hydrogen-bond acceptors (Lipinski definition) is 3. The molecule has 2 aliphatic heterocycles. The minimum atomic E-state index is -0.0657. The highest BCUT2D eigenvalue weighted by Gasteiger charge is 2.48. The summed E-state index contributed by atoms with van der Waals surface area (Å²) >= 11 is 0. The molecule has 0 fully saturated rings. The first-order valence-electron chi connectivity index (χ1n) is 28.6. The van der Waals surface area contributed by atoms with Crippen LogP contribution in [0.15, 0.2) is 158 Å². The second-order valence-corrected chi connectivity index (χ2v) is 28.2. The summed E-state index contributed by atoms with van der Waals surface area (Å²) < 4.78 is 0. The van der Waals surface area contributed by atoms with Crippen LogP contribution in [-0.4, -0.2) is 6.71 Å². The summed E-state index contributed by atoms with van der Waals surface area (Å²) in [6.45, 7) is 38.4. The number of fused-ring (bicyclic) bond motifs is 6. The Balaban J connectivity index is 1.21. The maximum absolute atomic E-state index is 2.73. The van der Waals surface area contributed by atoms with E-state index < -0.39 is 0 Å². The number of para-hydroxylation sites is 2. The zero-order valence-electron chi connectivity index (χ0n) is 49.1. The monoisotopic (exact) mass is 1010 g/mol. The Labute approximate surface area is 462 Å². The van der Waals surface area contributed by atoms with Crippen molar-refractivity contribution in [1.82, 2.24) is 0 Å². The number of hydrogen-bond donors (Lipinski definition) is 0. The van der Waals surface area contributed by atoms with Crippen LogP contribution in [0, 0.1) is 13.8 Å². The highest BCUT2D eigenvalue weighted by molar-refractivity contribution is 7.00. The van der Waals surface area contributed by atoms with E-state index in [0.29, 0.717) is 0 Å². The van der Waals surface area contributed by atoms with E-state index in [1.807, 2.05) is 0 Å². The molecule has 8 aromatic carbocycles. The van der Waals surface area contributed by atoms with E-state index in [1.54, 1.807) is 0 Å². The summed E-state index contributed by atoms with van der Waals surface area (Å²) in [6, 6.07) is 61.7. The van der Waals surface area contributed by atoms with Gasteiger partial charge in [-0.25, -0.2) is 0 Å². The van der Waals surface area contributed by atoms with Crippen LogP contribution in [0.5, 0.6) is 0 Å². The average molecular weight is 1010 g/mol. The van der Waals surface area contributed by atoms with Crippen molar-refractivity contribution < 1.29 is 0 Å². The molecule has 2 aliphatic carbocycles. The Hall–Kier alpha value is -6.78. The molecule has 3 nitrogen and oxygen atoms in total. The lowest BCUT2D eigenvalue weighted by Gasteiger charge is -2.48. The van der Waals surface area contributed by atoms with Gasteiger partial charge in [0.1, 0.15) is 0 Å². The minimum absolute atomic E-state index is 0.00108. The van der Waals surface area contributed by atoms with Crippen LogP contribution < -0.4 is 31.1 Å². The van der Waals surface area contributed by atoms with Crippen molar-refractivity contribution in [3.63, 3.8) is 0 Å². The fourth-order valence-electron chi connectivity index (χ4n) is 14.3. The molecule has 0 unspecified atom stereocenters. The van der Waals surface area contributed by atoms with Gasteiger partial charge in [0.25, 0.3) is 6.71 Å². The van der Waals surface area contributed by atoms with E-state index in [1.165, 1.54) is 106 Å². The van der Waals surface area contributed by atoms with E-state index in [-0.39, 0.29) is 39.2 Å². The zero-order valence-corrected chi connectivity index (χ0v) is 49.1. The fourth-order valence-corrected chi connectivity index (χ4v) is 14.3. The third-order valence-electron chi connectivity index (χ3n) is 18.5. The van der Waals surface area contributed by atoms with Crippen LogP contribution in [-0.2, 0) is 32.5 Å². The molecule has 8 aromatic rings. The second kappa shape index (κ2) is 17.4. The molecular weight excluding hydrogens is 930 g/mol. The summed E-state index contributed by atoms with van der Waals surface area (Å²) in [5, 5.41) is 0. The Morgan fingerprint density at radius 2 is 0.935 bits per heavy atom. The molecule has 0 bridgehead atoms. The predicted molar refractivity (Wildman–Crippen MR) is 333 cm³/mol. The van der Waals surface area contributed by atoms with Gasteiger partial charge < -0.3 is 14.7 Å². The molecule has 12 rings (SSSR count). The first-order valence-corrected chi connectivity index (χ1v) is 28.6. The van der Waals surface area contributed by atoms with Gasteiger partial charge in [0.2, 0.25) is 0 Å². The zero-order chi connectivity index (χ0) is 54.5. The van der Waals surface area contributed by atoms with Crippen molar-refractivity contribution in [2.24, 2.45) is 0 Å². The normalized spacial score (nSPS) is 17.3. The van der Waals surface area contributed by atoms with Crippen molar-refractivity contribution in [3.8, 4) is 11.1 Å². The van der Waals surface area contributed by atoms with Gasteiger partial charge in [0.05, 0.1) is 5.69 Å². The standard InChI is InChI=1S/C73H80BN3/c1-46-37-65-67-66(38-46)77(63-41-50(69(6,7)8)29-27-47(63)2)62-34-31-53(75(51-23-19-17-20-24-51)52-25-21-18-22-26-52)42-59(62)74(67)60-43-57-58(71(11,12)36-35-70(57,9)10)44-64(60)76(65)61-33-30-49(68(3,4)5)40-54(61)48-28-32-55-56(39-48)73(15,16)45-72(55,13)14/h17-34,37-44H,35-36,45H2,1-16H3. The van der Waals surface area contributed by atoms with Gasteiger partial charge in [-0.3, -0.25) is 0 Å². The quantitative estimate of drug-likeness (QED) is 0.154. The van der Waals surface area contributed by atoms with Crippen molar-refractivity contribution in [2.75, 3.05) is 14.7 Å². The van der Waals surface area contributed by atoms with Crippen LogP contribution in [0.3, 0.4) is 0 Å². The summed E-state index contributed by atoms with van der Waals surface area (Å²) in [6.07, 6.45) is 3.42. The van der Waals surface area contributed by atoms with Gasteiger partial charge in [-0.2, -0.15) is 0 Å². The SMILES string of the molecule is Cc1cc2c3c(c1)N(c1ccc(C(C)(C)C)cc1-c1ccc4c(c1)C(C)(C)CC4(C)C)c1cc4c(cc1B3c1cc(N(c3ccccc3)c3ccccc3)ccc1N2c1cc(C(C)(C)C)ccc1C)C(C)(C)CCC4(C)C. The first kappa shape index (κ1) is 51.0. The smallest absolute Gasteiger partial charge is 0.252 e. The van der Waals surface area contributed by atoms with E-state index in [9.17, 15) is 0 Å². The second-order valence-electron chi connectivity index (χ2n) is 28.2. The molecule has 0 saturated carbocycles. The Morgan fingerprint density at radius 1 is 0.416 bits per heavy atom. The fraction of sp³-hybridized carbons (Fsp3) is 0.342. The number of rotatable bonds is 6. The Morgan fingerprint density at radius 3 is 1.55 bits per heavy atom.